The third-order valence-electron chi connectivity index (χ3n) is 2.91. The third-order valence-corrected chi connectivity index (χ3v) is 2.91. The van der Waals surface area contributed by atoms with E-state index in [2.05, 4.69) is 0 Å². The summed E-state index contributed by atoms with van der Waals surface area (Å²) in [7, 11) is 0. The Hall–Kier alpha value is -1.69. The number of hydrogen-bond donors (Lipinski definition) is 0. The van der Waals surface area contributed by atoms with Gasteiger partial charge in [-0.1, -0.05) is 6.07 Å². The van der Waals surface area contributed by atoms with E-state index in [1.165, 1.54) is 6.07 Å². The van der Waals surface area contributed by atoms with Crippen LogP contribution in [0.15, 0.2) is 18.2 Å². The van der Waals surface area contributed by atoms with Gasteiger partial charge >= 0.3 is 5.69 Å². The Kier molecular flexibility index (Phi) is 3.47. The second-order valence-corrected chi connectivity index (χ2v) is 4.53. The maximum atomic E-state index is 13.6. The van der Waals surface area contributed by atoms with Crippen molar-refractivity contribution < 1.29 is 14.1 Å². The summed E-state index contributed by atoms with van der Waals surface area (Å²) in [5, 5.41) is 11.0. The molecule has 2 rings (SSSR count). The van der Waals surface area contributed by atoms with Crippen LogP contribution in [0.4, 0.5) is 15.8 Å². The Morgan fingerprint density at radius 1 is 1.39 bits per heavy atom. The normalized spacial score (nSPS) is 24.1. The lowest BCUT2D eigenvalue weighted by Crippen LogP contribution is -2.45. The summed E-state index contributed by atoms with van der Waals surface area (Å²) in [6, 6.07) is 4.17. The first-order valence-corrected chi connectivity index (χ1v) is 5.82. The summed E-state index contributed by atoms with van der Waals surface area (Å²) in [5.74, 6) is -0.802. The first-order chi connectivity index (χ1) is 8.49. The number of nitro benzene ring substituents is 1. The second kappa shape index (κ2) is 4.89. The largest absolute Gasteiger partial charge is 0.372 e. The molecule has 0 N–H and O–H groups in total. The van der Waals surface area contributed by atoms with Gasteiger partial charge in [0.2, 0.25) is 5.82 Å². The minimum Gasteiger partial charge on any atom is -0.372 e. The molecular formula is C12H15FN2O3. The summed E-state index contributed by atoms with van der Waals surface area (Å²) < 4.78 is 19.1. The zero-order chi connectivity index (χ0) is 13.3. The van der Waals surface area contributed by atoms with Crippen molar-refractivity contribution in [1.82, 2.24) is 0 Å². The zero-order valence-corrected chi connectivity index (χ0v) is 10.3. The summed E-state index contributed by atoms with van der Waals surface area (Å²) in [4.78, 5) is 12.1. The maximum absolute atomic E-state index is 13.6. The fraction of sp³-hybridized carbons (Fsp3) is 0.500. The van der Waals surface area contributed by atoms with Crippen LogP contribution in [0.3, 0.4) is 0 Å². The van der Waals surface area contributed by atoms with Crippen LogP contribution >= 0.6 is 0 Å². The molecule has 1 aliphatic rings. The average molecular weight is 254 g/mol. The molecule has 1 aliphatic heterocycles. The number of rotatable bonds is 2. The van der Waals surface area contributed by atoms with Crippen molar-refractivity contribution in [2.24, 2.45) is 0 Å². The lowest BCUT2D eigenvalue weighted by atomic mass is 10.1. The van der Waals surface area contributed by atoms with Gasteiger partial charge in [-0.05, 0) is 26.0 Å². The highest BCUT2D eigenvalue weighted by molar-refractivity contribution is 5.64. The molecule has 1 aromatic carbocycles. The van der Waals surface area contributed by atoms with E-state index in [0.717, 1.165) is 6.07 Å². The SMILES string of the molecule is CC1CN(c2cccc(F)c2[N+](=O)[O-])CC(C)O1. The van der Waals surface area contributed by atoms with E-state index in [0.29, 0.717) is 18.8 Å². The number of nitro groups is 1. The highest BCUT2D eigenvalue weighted by Gasteiger charge is 2.29. The average Bonchev–Trinajstić information content (AvgIpc) is 2.26. The fourth-order valence-corrected chi connectivity index (χ4v) is 2.31. The van der Waals surface area contributed by atoms with Gasteiger partial charge in [-0.25, -0.2) is 0 Å². The van der Waals surface area contributed by atoms with Crippen LogP contribution in [0.25, 0.3) is 0 Å². The predicted octanol–water partition coefficient (Wildman–Crippen LogP) is 2.35. The quantitative estimate of drug-likeness (QED) is 0.600. The highest BCUT2D eigenvalue weighted by Crippen LogP contribution is 2.32. The minimum atomic E-state index is -0.802. The predicted molar refractivity (Wildman–Crippen MR) is 65.3 cm³/mol. The summed E-state index contributed by atoms with van der Waals surface area (Å²) in [6.07, 6.45) is -0.0618. The second-order valence-electron chi connectivity index (χ2n) is 4.53. The highest BCUT2D eigenvalue weighted by atomic mass is 19.1. The van der Waals surface area contributed by atoms with Crippen molar-refractivity contribution in [3.63, 3.8) is 0 Å². The van der Waals surface area contributed by atoms with Crippen molar-refractivity contribution in [3.05, 3.63) is 34.1 Å². The Morgan fingerprint density at radius 2 is 2.00 bits per heavy atom. The van der Waals surface area contributed by atoms with Gasteiger partial charge in [0.1, 0.15) is 5.69 Å². The van der Waals surface area contributed by atoms with Crippen LogP contribution in [0.5, 0.6) is 0 Å². The molecule has 6 heteroatoms. The molecule has 18 heavy (non-hydrogen) atoms. The van der Waals surface area contributed by atoms with Crippen molar-refractivity contribution in [1.29, 1.82) is 0 Å². The van der Waals surface area contributed by atoms with E-state index >= 15 is 0 Å². The topological polar surface area (TPSA) is 55.6 Å². The van der Waals surface area contributed by atoms with E-state index in [4.69, 9.17) is 4.74 Å². The molecule has 0 radical (unpaired) electrons. The number of benzene rings is 1. The number of halogens is 1. The van der Waals surface area contributed by atoms with Crippen LogP contribution < -0.4 is 4.90 Å². The molecule has 1 aromatic rings. The van der Waals surface area contributed by atoms with Gasteiger partial charge in [0.05, 0.1) is 17.1 Å². The lowest BCUT2D eigenvalue weighted by Gasteiger charge is -2.36. The number of nitrogens with zero attached hydrogens (tertiary/aromatic N) is 2. The molecule has 0 saturated carbocycles. The van der Waals surface area contributed by atoms with Gasteiger partial charge in [-0.15, -0.1) is 0 Å². The van der Waals surface area contributed by atoms with Crippen molar-refractivity contribution in [2.75, 3.05) is 18.0 Å². The van der Waals surface area contributed by atoms with E-state index in [1.54, 1.807) is 11.0 Å². The van der Waals surface area contributed by atoms with Gasteiger partial charge in [0.15, 0.2) is 0 Å². The molecule has 0 spiro atoms. The fourth-order valence-electron chi connectivity index (χ4n) is 2.31. The number of anilines is 1. The van der Waals surface area contributed by atoms with Crippen LogP contribution in [-0.2, 0) is 4.74 Å². The van der Waals surface area contributed by atoms with E-state index < -0.39 is 16.4 Å². The number of morpholine rings is 1. The summed E-state index contributed by atoms with van der Waals surface area (Å²) in [5.41, 5.74) is -0.138. The molecule has 98 valence electrons. The van der Waals surface area contributed by atoms with Crippen molar-refractivity contribution in [2.45, 2.75) is 26.1 Å². The number of ether oxygens (including phenoxy) is 1. The van der Waals surface area contributed by atoms with Crippen LogP contribution in [0.1, 0.15) is 13.8 Å². The van der Waals surface area contributed by atoms with Crippen molar-refractivity contribution >= 4 is 11.4 Å². The molecular weight excluding hydrogens is 239 g/mol. The molecule has 1 fully saturated rings. The lowest BCUT2D eigenvalue weighted by molar-refractivity contribution is -0.386. The molecule has 1 saturated heterocycles. The summed E-state index contributed by atoms with van der Waals surface area (Å²) in [6.45, 7) is 4.84. The smallest absolute Gasteiger partial charge is 0.327 e. The monoisotopic (exact) mass is 254 g/mol. The molecule has 2 unspecified atom stereocenters. The van der Waals surface area contributed by atoms with Gasteiger partial charge in [-0.3, -0.25) is 10.1 Å². The molecule has 5 nitrogen and oxygen atoms in total. The maximum Gasteiger partial charge on any atom is 0.327 e. The van der Waals surface area contributed by atoms with Gasteiger partial charge in [-0.2, -0.15) is 4.39 Å². The van der Waals surface area contributed by atoms with E-state index in [-0.39, 0.29) is 12.2 Å². The first-order valence-electron chi connectivity index (χ1n) is 5.82. The van der Waals surface area contributed by atoms with Gasteiger partial charge < -0.3 is 9.64 Å². The van der Waals surface area contributed by atoms with E-state index in [9.17, 15) is 14.5 Å². The first kappa shape index (κ1) is 12.8. The Balaban J connectivity index is 2.38. The van der Waals surface area contributed by atoms with Gasteiger partial charge in [0.25, 0.3) is 0 Å². The molecule has 1 heterocycles. The molecule has 2 atom stereocenters. The van der Waals surface area contributed by atoms with Gasteiger partial charge in [0, 0.05) is 13.1 Å². The summed E-state index contributed by atoms with van der Waals surface area (Å²) >= 11 is 0. The molecule has 0 aromatic heterocycles. The Bertz CT molecular complexity index is 457. The Labute approximate surface area is 104 Å². The third kappa shape index (κ3) is 2.43. The standard InChI is InChI=1S/C12H15FN2O3/c1-8-6-14(7-9(2)18-8)11-5-3-4-10(13)12(11)15(16)17/h3-5,8-9H,6-7H2,1-2H3. The van der Waals surface area contributed by atoms with Crippen LogP contribution in [0, 0.1) is 15.9 Å². The minimum absolute atomic E-state index is 0.0309. The number of hydrogen-bond acceptors (Lipinski definition) is 4. The van der Waals surface area contributed by atoms with Crippen LogP contribution in [0.2, 0.25) is 0 Å². The van der Waals surface area contributed by atoms with E-state index in [1.807, 2.05) is 13.8 Å². The van der Waals surface area contributed by atoms with Crippen LogP contribution in [-0.4, -0.2) is 30.2 Å². The molecule has 0 bridgehead atoms. The molecule has 0 aliphatic carbocycles. The van der Waals surface area contributed by atoms with Crippen molar-refractivity contribution in [3.8, 4) is 0 Å². The number of para-hydroxylation sites is 1. The molecule has 0 amide bonds. The zero-order valence-electron chi connectivity index (χ0n) is 10.3. The Morgan fingerprint density at radius 3 is 2.56 bits per heavy atom.